The van der Waals surface area contributed by atoms with E-state index in [0.29, 0.717) is 38.5 Å². The highest BCUT2D eigenvalue weighted by atomic mass is 16.5. The maximum absolute atomic E-state index is 12.6. The van der Waals surface area contributed by atoms with Crippen LogP contribution in [0.3, 0.4) is 0 Å². The highest BCUT2D eigenvalue weighted by Crippen LogP contribution is 2.17. The van der Waals surface area contributed by atoms with E-state index in [9.17, 15) is 9.59 Å². The van der Waals surface area contributed by atoms with Gasteiger partial charge in [0.2, 0.25) is 0 Å². The van der Waals surface area contributed by atoms with Crippen LogP contribution in [0.1, 0.15) is 25.3 Å². The Labute approximate surface area is 148 Å². The first-order valence-electron chi connectivity index (χ1n) is 8.97. The van der Waals surface area contributed by atoms with E-state index in [4.69, 9.17) is 9.47 Å². The molecule has 3 rings (SSSR count). The highest BCUT2D eigenvalue weighted by molar-refractivity contribution is 5.83. The van der Waals surface area contributed by atoms with Gasteiger partial charge in [0.25, 0.3) is 11.8 Å². The lowest BCUT2D eigenvalue weighted by Gasteiger charge is -2.36. The van der Waals surface area contributed by atoms with Crippen LogP contribution < -0.4 is 4.74 Å². The molecule has 2 fully saturated rings. The number of nitrogens with zero attached hydrogens (tertiary/aromatic N) is 2. The number of hydrogen-bond donors (Lipinski definition) is 0. The molecule has 6 nitrogen and oxygen atoms in total. The lowest BCUT2D eigenvalue weighted by atomic mass is 10.2. The maximum Gasteiger partial charge on any atom is 0.263 e. The largest absolute Gasteiger partial charge is 0.481 e. The molecule has 2 amide bonds. The van der Waals surface area contributed by atoms with Crippen molar-refractivity contribution in [3.63, 3.8) is 0 Å². The Hall–Kier alpha value is -2.08. The maximum atomic E-state index is 12.6. The Kier molecular flexibility index (Phi) is 5.58. The average Bonchev–Trinajstić information content (AvgIpc) is 3.17. The number of aryl methyl sites for hydroxylation is 1. The van der Waals surface area contributed by atoms with Gasteiger partial charge in [0.05, 0.1) is 0 Å². The average molecular weight is 346 g/mol. The van der Waals surface area contributed by atoms with E-state index in [0.717, 1.165) is 18.4 Å². The number of ether oxygens (including phenoxy) is 2. The predicted molar refractivity (Wildman–Crippen MR) is 93.4 cm³/mol. The monoisotopic (exact) mass is 346 g/mol. The molecule has 0 saturated carbocycles. The summed E-state index contributed by atoms with van der Waals surface area (Å²) in [7, 11) is 0. The Balaban J connectivity index is 1.48. The van der Waals surface area contributed by atoms with Crippen LogP contribution >= 0.6 is 0 Å². The summed E-state index contributed by atoms with van der Waals surface area (Å²) in [4.78, 5) is 28.5. The minimum absolute atomic E-state index is 0.0372. The number of hydrogen-bond acceptors (Lipinski definition) is 4. The van der Waals surface area contributed by atoms with Crippen molar-refractivity contribution in [1.82, 2.24) is 9.80 Å². The van der Waals surface area contributed by atoms with Gasteiger partial charge >= 0.3 is 0 Å². The topological polar surface area (TPSA) is 59.1 Å². The quantitative estimate of drug-likeness (QED) is 0.831. The van der Waals surface area contributed by atoms with Crippen molar-refractivity contribution in [2.75, 3.05) is 32.8 Å². The molecule has 25 heavy (non-hydrogen) atoms. The lowest BCUT2D eigenvalue weighted by Crippen LogP contribution is -2.54. The first-order valence-corrected chi connectivity index (χ1v) is 8.97. The van der Waals surface area contributed by atoms with Crippen molar-refractivity contribution in [3.8, 4) is 5.75 Å². The van der Waals surface area contributed by atoms with Crippen LogP contribution in [-0.4, -0.2) is 66.6 Å². The summed E-state index contributed by atoms with van der Waals surface area (Å²) >= 11 is 0. The summed E-state index contributed by atoms with van der Waals surface area (Å²) in [5, 5.41) is 0. The Morgan fingerprint density at radius 2 is 1.76 bits per heavy atom. The van der Waals surface area contributed by atoms with E-state index < -0.39 is 6.10 Å². The van der Waals surface area contributed by atoms with Gasteiger partial charge in [0.15, 0.2) is 6.10 Å². The summed E-state index contributed by atoms with van der Waals surface area (Å²) in [6.07, 6.45) is 0.927. The summed E-state index contributed by atoms with van der Waals surface area (Å²) < 4.78 is 11.2. The molecule has 0 bridgehead atoms. The molecule has 1 aromatic rings. The van der Waals surface area contributed by atoms with Crippen LogP contribution in [0.15, 0.2) is 24.3 Å². The number of carbonyl (C=O) groups is 2. The van der Waals surface area contributed by atoms with Crippen molar-refractivity contribution >= 4 is 11.8 Å². The normalized spacial score (nSPS) is 21.9. The summed E-state index contributed by atoms with van der Waals surface area (Å²) in [6.45, 7) is 6.64. The van der Waals surface area contributed by atoms with E-state index >= 15 is 0 Å². The van der Waals surface area contributed by atoms with Gasteiger partial charge in [0.1, 0.15) is 11.9 Å². The number of benzene rings is 1. The van der Waals surface area contributed by atoms with Gasteiger partial charge in [-0.25, -0.2) is 0 Å². The molecule has 2 atom stereocenters. The van der Waals surface area contributed by atoms with Crippen LogP contribution in [0.5, 0.6) is 5.75 Å². The van der Waals surface area contributed by atoms with Crippen molar-refractivity contribution < 1.29 is 19.1 Å². The minimum Gasteiger partial charge on any atom is -0.481 e. The number of rotatable bonds is 4. The summed E-state index contributed by atoms with van der Waals surface area (Å²) in [5.41, 5.74) is 1.15. The lowest BCUT2D eigenvalue weighted by molar-refractivity contribution is -0.148. The van der Waals surface area contributed by atoms with E-state index in [1.165, 1.54) is 0 Å². The molecule has 2 aliphatic rings. The zero-order valence-corrected chi connectivity index (χ0v) is 14.9. The molecule has 0 aromatic heterocycles. The number of amides is 2. The van der Waals surface area contributed by atoms with E-state index in [1.807, 2.05) is 36.1 Å². The Morgan fingerprint density at radius 3 is 2.36 bits per heavy atom. The van der Waals surface area contributed by atoms with Crippen molar-refractivity contribution in [2.24, 2.45) is 0 Å². The predicted octanol–water partition coefficient (Wildman–Crippen LogP) is 1.61. The van der Waals surface area contributed by atoms with E-state index in [-0.39, 0.29) is 17.9 Å². The fourth-order valence-corrected chi connectivity index (χ4v) is 3.25. The molecule has 0 spiro atoms. The molecule has 6 heteroatoms. The SMILES string of the molecule is Cc1ccc(OC(C)C(=O)N2CCN(C(=O)C3CCCO3)CC2)cc1. The number of carbonyl (C=O) groups excluding carboxylic acids is 2. The highest BCUT2D eigenvalue weighted by Gasteiger charge is 2.32. The van der Waals surface area contributed by atoms with Crippen molar-refractivity contribution in [1.29, 1.82) is 0 Å². The van der Waals surface area contributed by atoms with Gasteiger partial charge in [-0.05, 0) is 38.8 Å². The molecule has 1 aromatic carbocycles. The summed E-state index contributed by atoms with van der Waals surface area (Å²) in [5.74, 6) is 0.719. The Morgan fingerprint density at radius 1 is 1.12 bits per heavy atom. The van der Waals surface area contributed by atoms with Crippen LogP contribution in [0.4, 0.5) is 0 Å². The smallest absolute Gasteiger partial charge is 0.263 e. The standard InChI is InChI=1S/C19H26N2O4/c1-14-5-7-16(8-6-14)25-15(2)18(22)20-9-11-21(12-10-20)19(23)17-4-3-13-24-17/h5-8,15,17H,3-4,9-13H2,1-2H3. The zero-order valence-electron chi connectivity index (χ0n) is 14.9. The molecule has 2 heterocycles. The first kappa shape index (κ1) is 17.7. The van der Waals surface area contributed by atoms with Gasteiger partial charge in [0, 0.05) is 32.8 Å². The summed E-state index contributed by atoms with van der Waals surface area (Å²) in [6, 6.07) is 7.67. The second kappa shape index (κ2) is 7.87. The van der Waals surface area contributed by atoms with Crippen LogP contribution in [0, 0.1) is 6.92 Å². The van der Waals surface area contributed by atoms with Crippen LogP contribution in [0.2, 0.25) is 0 Å². The van der Waals surface area contributed by atoms with Crippen molar-refractivity contribution in [3.05, 3.63) is 29.8 Å². The molecule has 0 radical (unpaired) electrons. The van der Waals surface area contributed by atoms with Gasteiger partial charge in [-0.15, -0.1) is 0 Å². The molecule has 0 aliphatic carbocycles. The molecule has 0 N–H and O–H groups in total. The van der Waals surface area contributed by atoms with E-state index in [1.54, 1.807) is 11.8 Å². The zero-order chi connectivity index (χ0) is 17.8. The van der Waals surface area contributed by atoms with Crippen LogP contribution in [-0.2, 0) is 14.3 Å². The third-order valence-corrected chi connectivity index (χ3v) is 4.79. The third kappa shape index (κ3) is 4.31. The Bertz CT molecular complexity index is 602. The fourth-order valence-electron chi connectivity index (χ4n) is 3.25. The van der Waals surface area contributed by atoms with Crippen LogP contribution in [0.25, 0.3) is 0 Å². The molecule has 2 aliphatic heterocycles. The van der Waals surface area contributed by atoms with E-state index in [2.05, 4.69) is 0 Å². The second-order valence-corrected chi connectivity index (χ2v) is 6.73. The molecule has 2 saturated heterocycles. The third-order valence-electron chi connectivity index (χ3n) is 4.79. The van der Waals surface area contributed by atoms with Gasteiger partial charge in [-0.2, -0.15) is 0 Å². The van der Waals surface area contributed by atoms with Gasteiger partial charge < -0.3 is 19.3 Å². The second-order valence-electron chi connectivity index (χ2n) is 6.73. The van der Waals surface area contributed by atoms with Gasteiger partial charge in [-0.1, -0.05) is 17.7 Å². The minimum atomic E-state index is -0.539. The molecule has 2 unspecified atom stereocenters. The molecule has 136 valence electrons. The van der Waals surface area contributed by atoms with Crippen molar-refractivity contribution in [2.45, 2.75) is 38.9 Å². The first-order chi connectivity index (χ1) is 12.0. The fraction of sp³-hybridized carbons (Fsp3) is 0.579. The molecular formula is C19H26N2O4. The van der Waals surface area contributed by atoms with Gasteiger partial charge in [-0.3, -0.25) is 9.59 Å². The number of piperazine rings is 1. The molecular weight excluding hydrogens is 320 g/mol.